The van der Waals surface area contributed by atoms with Crippen molar-refractivity contribution in [1.29, 1.82) is 0 Å². The molecule has 1 heterocycles. The molecule has 0 aromatic carbocycles. The summed E-state index contributed by atoms with van der Waals surface area (Å²) < 4.78 is 0. The predicted octanol–water partition coefficient (Wildman–Crippen LogP) is 2.51. The molecular weight excluding hydrogens is 206 g/mol. The summed E-state index contributed by atoms with van der Waals surface area (Å²) in [7, 11) is 2.08. The summed E-state index contributed by atoms with van der Waals surface area (Å²) >= 11 is 1.79. The Kier molecular flexibility index (Phi) is 4.77. The topological polar surface area (TPSA) is 23.5 Å². The van der Waals surface area contributed by atoms with Gasteiger partial charge >= 0.3 is 0 Å². The van der Waals surface area contributed by atoms with Crippen LogP contribution in [0.25, 0.3) is 0 Å². The van der Waals surface area contributed by atoms with Crippen molar-refractivity contribution in [2.45, 2.75) is 33.4 Å². The fourth-order valence-electron chi connectivity index (χ4n) is 1.77. The first-order chi connectivity index (χ1) is 7.06. The molecule has 15 heavy (non-hydrogen) atoms. The van der Waals surface area contributed by atoms with E-state index in [-0.39, 0.29) is 12.6 Å². The van der Waals surface area contributed by atoms with E-state index in [0.29, 0.717) is 5.92 Å². The quantitative estimate of drug-likeness (QED) is 0.835. The van der Waals surface area contributed by atoms with Gasteiger partial charge in [-0.05, 0) is 36.9 Å². The van der Waals surface area contributed by atoms with Gasteiger partial charge in [0.1, 0.15) is 0 Å². The Hall–Kier alpha value is -0.380. The first-order valence-corrected chi connectivity index (χ1v) is 6.28. The largest absolute Gasteiger partial charge is 0.395 e. The van der Waals surface area contributed by atoms with Crippen LogP contribution in [0.2, 0.25) is 0 Å². The Morgan fingerprint density at radius 2 is 2.13 bits per heavy atom. The Morgan fingerprint density at radius 3 is 2.53 bits per heavy atom. The van der Waals surface area contributed by atoms with Gasteiger partial charge in [-0.1, -0.05) is 13.8 Å². The zero-order chi connectivity index (χ0) is 11.4. The molecule has 1 rings (SSSR count). The number of likely N-dealkylation sites (N-methyl/N-ethyl adjacent to an activating group) is 1. The summed E-state index contributed by atoms with van der Waals surface area (Å²) in [5, 5.41) is 11.5. The van der Waals surface area contributed by atoms with Gasteiger partial charge in [0.25, 0.3) is 0 Å². The van der Waals surface area contributed by atoms with E-state index >= 15 is 0 Å². The van der Waals surface area contributed by atoms with Gasteiger partial charge < -0.3 is 5.11 Å². The summed E-state index contributed by atoms with van der Waals surface area (Å²) in [6.45, 7) is 7.62. The summed E-state index contributed by atoms with van der Waals surface area (Å²) in [6.07, 6.45) is 0. The second-order valence-electron chi connectivity index (χ2n) is 4.44. The van der Waals surface area contributed by atoms with Gasteiger partial charge in [0.05, 0.1) is 6.61 Å². The fourth-order valence-corrected chi connectivity index (χ4v) is 2.74. The van der Waals surface area contributed by atoms with Crippen LogP contribution < -0.4 is 0 Å². The van der Waals surface area contributed by atoms with Crippen molar-refractivity contribution in [1.82, 2.24) is 4.90 Å². The van der Waals surface area contributed by atoms with Crippen molar-refractivity contribution in [3.8, 4) is 0 Å². The second kappa shape index (κ2) is 5.64. The number of aliphatic hydroxyl groups is 1. The van der Waals surface area contributed by atoms with Crippen LogP contribution in [0.4, 0.5) is 0 Å². The van der Waals surface area contributed by atoms with Crippen LogP contribution in [0.3, 0.4) is 0 Å². The van der Waals surface area contributed by atoms with Gasteiger partial charge in [0.2, 0.25) is 0 Å². The Balaban J connectivity index is 2.62. The number of aliphatic hydroxyl groups excluding tert-OH is 1. The lowest BCUT2D eigenvalue weighted by molar-refractivity contribution is 0.108. The highest BCUT2D eigenvalue weighted by Crippen LogP contribution is 2.19. The highest BCUT2D eigenvalue weighted by Gasteiger charge is 2.18. The predicted molar refractivity (Wildman–Crippen MR) is 66.2 cm³/mol. The first-order valence-electron chi connectivity index (χ1n) is 5.40. The van der Waals surface area contributed by atoms with E-state index < -0.39 is 0 Å². The van der Waals surface area contributed by atoms with Crippen molar-refractivity contribution in [3.63, 3.8) is 0 Å². The number of thiophene rings is 1. The number of hydrogen-bond donors (Lipinski definition) is 1. The number of aryl methyl sites for hydroxylation is 1. The molecule has 1 aromatic rings. The molecule has 0 aliphatic rings. The maximum atomic E-state index is 9.33. The third-order valence-electron chi connectivity index (χ3n) is 2.88. The van der Waals surface area contributed by atoms with Crippen LogP contribution in [0.1, 0.15) is 24.3 Å². The molecule has 86 valence electrons. The van der Waals surface area contributed by atoms with Gasteiger partial charge in [-0.3, -0.25) is 4.90 Å². The van der Waals surface area contributed by atoms with Gasteiger partial charge in [0.15, 0.2) is 0 Å². The van der Waals surface area contributed by atoms with Crippen LogP contribution >= 0.6 is 11.3 Å². The summed E-state index contributed by atoms with van der Waals surface area (Å²) in [5.74, 6) is 0.486. The standard InChI is InChI=1S/C12H21NOS/c1-9(2)11(8-14)13(4)7-12-10(3)5-6-15-12/h5-6,9,11,14H,7-8H2,1-4H3. The van der Waals surface area contributed by atoms with Crippen LogP contribution in [-0.2, 0) is 6.54 Å². The lowest BCUT2D eigenvalue weighted by atomic mass is 10.0. The Bertz CT molecular complexity index is 296. The minimum atomic E-state index is 0.235. The average Bonchev–Trinajstić information content (AvgIpc) is 2.52. The number of nitrogens with zero attached hydrogens (tertiary/aromatic N) is 1. The van der Waals surface area contributed by atoms with Crippen molar-refractivity contribution >= 4 is 11.3 Å². The van der Waals surface area contributed by atoms with Gasteiger partial charge in [0, 0.05) is 17.5 Å². The van der Waals surface area contributed by atoms with Gasteiger partial charge in [-0.15, -0.1) is 11.3 Å². The van der Waals surface area contributed by atoms with Gasteiger partial charge in [-0.2, -0.15) is 0 Å². The molecule has 1 atom stereocenters. The number of rotatable bonds is 5. The van der Waals surface area contributed by atoms with E-state index in [1.165, 1.54) is 10.4 Å². The lowest BCUT2D eigenvalue weighted by Crippen LogP contribution is -2.38. The van der Waals surface area contributed by atoms with E-state index in [9.17, 15) is 5.11 Å². The Labute approximate surface area is 96.5 Å². The molecule has 0 aliphatic carbocycles. The summed E-state index contributed by atoms with van der Waals surface area (Å²) in [5.41, 5.74) is 1.35. The van der Waals surface area contributed by atoms with Crippen LogP contribution in [0, 0.1) is 12.8 Å². The van der Waals surface area contributed by atoms with E-state index in [2.05, 4.69) is 44.2 Å². The molecule has 3 heteroatoms. The van der Waals surface area contributed by atoms with Crippen molar-refractivity contribution in [2.75, 3.05) is 13.7 Å². The normalized spacial score (nSPS) is 13.8. The molecule has 0 amide bonds. The maximum Gasteiger partial charge on any atom is 0.0589 e. The smallest absolute Gasteiger partial charge is 0.0589 e. The van der Waals surface area contributed by atoms with E-state index in [1.807, 2.05) is 0 Å². The highest BCUT2D eigenvalue weighted by atomic mass is 32.1. The molecule has 1 unspecified atom stereocenters. The van der Waals surface area contributed by atoms with E-state index in [0.717, 1.165) is 6.54 Å². The number of hydrogen-bond acceptors (Lipinski definition) is 3. The van der Waals surface area contributed by atoms with Crippen molar-refractivity contribution in [2.24, 2.45) is 5.92 Å². The average molecular weight is 227 g/mol. The molecule has 1 aromatic heterocycles. The summed E-state index contributed by atoms with van der Waals surface area (Å²) in [6, 6.07) is 2.41. The molecule has 0 saturated heterocycles. The van der Waals surface area contributed by atoms with Crippen LogP contribution in [0.5, 0.6) is 0 Å². The monoisotopic (exact) mass is 227 g/mol. The van der Waals surface area contributed by atoms with Crippen LogP contribution in [0.15, 0.2) is 11.4 Å². The molecule has 0 aliphatic heterocycles. The van der Waals surface area contributed by atoms with Crippen molar-refractivity contribution < 1.29 is 5.11 Å². The summed E-state index contributed by atoms with van der Waals surface area (Å²) in [4.78, 5) is 3.64. The first kappa shape index (κ1) is 12.7. The van der Waals surface area contributed by atoms with Gasteiger partial charge in [-0.25, -0.2) is 0 Å². The highest BCUT2D eigenvalue weighted by molar-refractivity contribution is 7.10. The zero-order valence-corrected chi connectivity index (χ0v) is 10.8. The Morgan fingerprint density at radius 1 is 1.47 bits per heavy atom. The molecule has 0 radical (unpaired) electrons. The fraction of sp³-hybridized carbons (Fsp3) is 0.667. The molecule has 0 spiro atoms. The third-order valence-corrected chi connectivity index (χ3v) is 3.89. The molecule has 0 bridgehead atoms. The lowest BCUT2D eigenvalue weighted by Gasteiger charge is -2.29. The third kappa shape index (κ3) is 3.30. The zero-order valence-electron chi connectivity index (χ0n) is 10.0. The van der Waals surface area contributed by atoms with E-state index in [4.69, 9.17) is 0 Å². The van der Waals surface area contributed by atoms with Crippen LogP contribution in [-0.4, -0.2) is 29.7 Å². The molecule has 2 nitrogen and oxygen atoms in total. The molecule has 0 saturated carbocycles. The van der Waals surface area contributed by atoms with E-state index in [1.54, 1.807) is 11.3 Å². The maximum absolute atomic E-state index is 9.33. The molecule has 1 N–H and O–H groups in total. The SMILES string of the molecule is Cc1ccsc1CN(C)C(CO)C(C)C. The molecule has 0 fully saturated rings. The second-order valence-corrected chi connectivity index (χ2v) is 5.44. The minimum absolute atomic E-state index is 0.235. The minimum Gasteiger partial charge on any atom is -0.395 e. The van der Waals surface area contributed by atoms with Crippen molar-refractivity contribution in [3.05, 3.63) is 21.9 Å². The molecular formula is C12H21NOS.